The summed E-state index contributed by atoms with van der Waals surface area (Å²) in [6, 6.07) is 19.9. The zero-order valence-corrected chi connectivity index (χ0v) is 13.5. The smallest absolute Gasteiger partial charge is 0.251 e. The predicted octanol–water partition coefficient (Wildman–Crippen LogP) is 4.46. The Morgan fingerprint density at radius 1 is 1.04 bits per heavy atom. The maximum absolute atomic E-state index is 12.3. The van der Waals surface area contributed by atoms with Crippen molar-refractivity contribution in [2.75, 3.05) is 0 Å². The number of ether oxygens (including phenoxy) is 1. The molecule has 1 N–H and O–H groups in total. The minimum atomic E-state index is -0.213. The van der Waals surface area contributed by atoms with Crippen molar-refractivity contribution in [2.45, 2.75) is 6.54 Å². The molecule has 120 valence electrons. The van der Waals surface area contributed by atoms with Crippen LogP contribution in [0.3, 0.4) is 0 Å². The number of pyridine rings is 1. The molecule has 1 heterocycles. The van der Waals surface area contributed by atoms with Gasteiger partial charge < -0.3 is 10.1 Å². The van der Waals surface area contributed by atoms with Crippen molar-refractivity contribution in [3.05, 3.63) is 89.1 Å². The van der Waals surface area contributed by atoms with Crippen LogP contribution in [-0.2, 0) is 6.54 Å². The standard InChI is InChI=1S/C19H15ClN2O2/c20-17-9-5-4-6-15(17)13-22-19(23)14-10-11-21-18(12-14)24-16-7-2-1-3-8-16/h1-12H,13H2,(H,22,23). The molecule has 3 aromatic rings. The van der Waals surface area contributed by atoms with E-state index in [-0.39, 0.29) is 5.91 Å². The molecule has 0 aliphatic carbocycles. The normalized spacial score (nSPS) is 10.2. The van der Waals surface area contributed by atoms with E-state index < -0.39 is 0 Å². The van der Waals surface area contributed by atoms with Crippen LogP contribution in [0.4, 0.5) is 0 Å². The van der Waals surface area contributed by atoms with Crippen molar-refractivity contribution in [1.82, 2.24) is 10.3 Å². The predicted molar refractivity (Wildman–Crippen MR) is 93.4 cm³/mol. The molecule has 0 atom stereocenters. The first-order valence-corrected chi connectivity index (χ1v) is 7.81. The minimum absolute atomic E-state index is 0.213. The molecule has 0 bridgehead atoms. The first-order valence-electron chi connectivity index (χ1n) is 7.43. The zero-order chi connectivity index (χ0) is 16.8. The third-order valence-corrected chi connectivity index (χ3v) is 3.73. The van der Waals surface area contributed by atoms with Gasteiger partial charge in [0.1, 0.15) is 5.75 Å². The highest BCUT2D eigenvalue weighted by Gasteiger charge is 2.09. The van der Waals surface area contributed by atoms with Gasteiger partial charge in [-0.3, -0.25) is 4.79 Å². The highest BCUT2D eigenvalue weighted by Crippen LogP contribution is 2.19. The summed E-state index contributed by atoms with van der Waals surface area (Å²) in [5.74, 6) is 0.820. The van der Waals surface area contributed by atoms with Crippen LogP contribution in [0.2, 0.25) is 5.02 Å². The number of nitrogens with zero attached hydrogens (tertiary/aromatic N) is 1. The summed E-state index contributed by atoms with van der Waals surface area (Å²) < 4.78 is 5.64. The molecule has 0 aliphatic rings. The largest absolute Gasteiger partial charge is 0.439 e. The average Bonchev–Trinajstić information content (AvgIpc) is 2.62. The Labute approximate surface area is 145 Å². The molecule has 24 heavy (non-hydrogen) atoms. The van der Waals surface area contributed by atoms with Crippen LogP contribution in [0, 0.1) is 0 Å². The number of para-hydroxylation sites is 1. The van der Waals surface area contributed by atoms with Gasteiger partial charge in [-0.2, -0.15) is 0 Å². The Hall–Kier alpha value is -2.85. The number of rotatable bonds is 5. The van der Waals surface area contributed by atoms with Crippen LogP contribution in [0.5, 0.6) is 11.6 Å². The number of hydrogen-bond donors (Lipinski definition) is 1. The number of nitrogens with one attached hydrogen (secondary N) is 1. The second-order valence-corrected chi connectivity index (χ2v) is 5.48. The quantitative estimate of drug-likeness (QED) is 0.747. The van der Waals surface area contributed by atoms with Gasteiger partial charge in [-0.15, -0.1) is 0 Å². The molecule has 0 aliphatic heterocycles. The van der Waals surface area contributed by atoms with Gasteiger partial charge in [0, 0.05) is 29.4 Å². The maximum atomic E-state index is 12.3. The van der Waals surface area contributed by atoms with Crippen LogP contribution in [0.15, 0.2) is 72.9 Å². The van der Waals surface area contributed by atoms with Gasteiger partial charge >= 0.3 is 0 Å². The summed E-state index contributed by atoms with van der Waals surface area (Å²) in [6.07, 6.45) is 1.54. The molecule has 2 aromatic carbocycles. The molecule has 4 nitrogen and oxygen atoms in total. The summed E-state index contributed by atoms with van der Waals surface area (Å²) in [5, 5.41) is 3.47. The van der Waals surface area contributed by atoms with E-state index >= 15 is 0 Å². The molecule has 0 saturated heterocycles. The monoisotopic (exact) mass is 338 g/mol. The topological polar surface area (TPSA) is 51.2 Å². The van der Waals surface area contributed by atoms with Crippen LogP contribution in [0.25, 0.3) is 0 Å². The lowest BCUT2D eigenvalue weighted by molar-refractivity contribution is 0.0950. The number of aromatic nitrogens is 1. The van der Waals surface area contributed by atoms with Crippen LogP contribution < -0.4 is 10.1 Å². The van der Waals surface area contributed by atoms with Gasteiger partial charge in [0.05, 0.1) is 0 Å². The fraction of sp³-hybridized carbons (Fsp3) is 0.0526. The molecular weight excluding hydrogens is 324 g/mol. The number of hydrogen-bond acceptors (Lipinski definition) is 3. The fourth-order valence-corrected chi connectivity index (χ4v) is 2.34. The molecule has 5 heteroatoms. The van der Waals surface area contributed by atoms with E-state index in [1.54, 1.807) is 24.4 Å². The van der Waals surface area contributed by atoms with E-state index in [1.165, 1.54) is 0 Å². The number of carbonyl (C=O) groups is 1. The van der Waals surface area contributed by atoms with Crippen LogP contribution in [-0.4, -0.2) is 10.9 Å². The van der Waals surface area contributed by atoms with Crippen molar-refractivity contribution < 1.29 is 9.53 Å². The van der Waals surface area contributed by atoms with E-state index in [9.17, 15) is 4.79 Å². The lowest BCUT2D eigenvalue weighted by Crippen LogP contribution is -2.23. The van der Waals surface area contributed by atoms with Gasteiger partial charge in [-0.05, 0) is 29.8 Å². The third kappa shape index (κ3) is 4.12. The van der Waals surface area contributed by atoms with E-state index in [4.69, 9.17) is 16.3 Å². The SMILES string of the molecule is O=C(NCc1ccccc1Cl)c1ccnc(Oc2ccccc2)c1. The summed E-state index contributed by atoms with van der Waals surface area (Å²) in [6.45, 7) is 0.357. The summed E-state index contributed by atoms with van der Waals surface area (Å²) in [5.41, 5.74) is 1.34. The van der Waals surface area contributed by atoms with Gasteiger partial charge in [0.15, 0.2) is 0 Å². The molecule has 1 aromatic heterocycles. The number of benzene rings is 2. The highest BCUT2D eigenvalue weighted by molar-refractivity contribution is 6.31. The van der Waals surface area contributed by atoms with Gasteiger partial charge in [0.2, 0.25) is 5.88 Å². The molecule has 0 fully saturated rings. The van der Waals surface area contributed by atoms with Crippen molar-refractivity contribution >= 4 is 17.5 Å². The van der Waals surface area contributed by atoms with Crippen LogP contribution >= 0.6 is 11.6 Å². The van der Waals surface area contributed by atoms with Gasteiger partial charge in [-0.1, -0.05) is 48.0 Å². The van der Waals surface area contributed by atoms with Crippen molar-refractivity contribution in [3.8, 4) is 11.6 Å². The number of carbonyl (C=O) groups excluding carboxylic acids is 1. The second kappa shape index (κ2) is 7.62. The molecular formula is C19H15ClN2O2. The van der Waals surface area contributed by atoms with E-state index in [1.807, 2.05) is 48.5 Å². The Balaban J connectivity index is 1.67. The van der Waals surface area contributed by atoms with E-state index in [0.29, 0.717) is 28.8 Å². The van der Waals surface area contributed by atoms with Gasteiger partial charge in [0.25, 0.3) is 5.91 Å². The lowest BCUT2D eigenvalue weighted by Gasteiger charge is -2.08. The minimum Gasteiger partial charge on any atom is -0.439 e. The van der Waals surface area contributed by atoms with Crippen LogP contribution in [0.1, 0.15) is 15.9 Å². The Bertz CT molecular complexity index is 838. The first kappa shape index (κ1) is 16.0. The maximum Gasteiger partial charge on any atom is 0.251 e. The van der Waals surface area contributed by atoms with E-state index in [2.05, 4.69) is 10.3 Å². The molecule has 0 unspecified atom stereocenters. The highest BCUT2D eigenvalue weighted by atomic mass is 35.5. The molecule has 1 amide bonds. The Morgan fingerprint density at radius 2 is 1.79 bits per heavy atom. The third-order valence-electron chi connectivity index (χ3n) is 3.36. The number of halogens is 1. The molecule has 0 radical (unpaired) electrons. The van der Waals surface area contributed by atoms with Crippen molar-refractivity contribution in [3.63, 3.8) is 0 Å². The number of amides is 1. The molecule has 0 spiro atoms. The van der Waals surface area contributed by atoms with Crippen molar-refractivity contribution in [2.24, 2.45) is 0 Å². The Kier molecular flexibility index (Phi) is 5.08. The Morgan fingerprint density at radius 3 is 2.58 bits per heavy atom. The fourth-order valence-electron chi connectivity index (χ4n) is 2.14. The van der Waals surface area contributed by atoms with Crippen molar-refractivity contribution in [1.29, 1.82) is 0 Å². The summed E-state index contributed by atoms with van der Waals surface area (Å²) in [4.78, 5) is 16.4. The zero-order valence-electron chi connectivity index (χ0n) is 12.8. The first-order chi connectivity index (χ1) is 11.7. The summed E-state index contributed by atoms with van der Waals surface area (Å²) >= 11 is 6.09. The average molecular weight is 339 g/mol. The lowest BCUT2D eigenvalue weighted by atomic mass is 10.2. The summed E-state index contributed by atoms with van der Waals surface area (Å²) in [7, 11) is 0. The van der Waals surface area contributed by atoms with Gasteiger partial charge in [-0.25, -0.2) is 4.98 Å². The molecule has 3 rings (SSSR count). The second-order valence-electron chi connectivity index (χ2n) is 5.07. The molecule has 0 saturated carbocycles. The van der Waals surface area contributed by atoms with E-state index in [0.717, 1.165) is 5.56 Å².